The fraction of sp³-hybridized carbons (Fsp3) is 0.231. The molecule has 0 bridgehead atoms. The first-order valence-electron chi connectivity index (χ1n) is 4.99. The molecule has 0 aliphatic carbocycles. The van der Waals surface area contributed by atoms with Gasteiger partial charge in [0.1, 0.15) is 0 Å². The smallest absolute Gasteiger partial charge is 0.0999 e. The van der Waals surface area contributed by atoms with E-state index in [0.29, 0.717) is 6.42 Å². The van der Waals surface area contributed by atoms with Crippen LogP contribution in [0.15, 0.2) is 47.8 Å². The van der Waals surface area contributed by atoms with Crippen LogP contribution < -0.4 is 0 Å². The maximum atomic E-state index is 10.3. The van der Waals surface area contributed by atoms with Crippen LogP contribution in [0.4, 0.5) is 0 Å². The van der Waals surface area contributed by atoms with Gasteiger partial charge in [-0.15, -0.1) is 11.3 Å². The Hall–Kier alpha value is -1.12. The van der Waals surface area contributed by atoms with E-state index in [9.17, 15) is 5.11 Å². The van der Waals surface area contributed by atoms with E-state index >= 15 is 0 Å². The van der Waals surface area contributed by atoms with E-state index in [1.165, 1.54) is 0 Å². The standard InChI is InChI=1S/C13H14OS/c1-13(14,12-8-5-9-15-12)10-11-6-3-2-4-7-11/h2-9,14H,10H2,1H3/t13-/m0/s1. The zero-order chi connectivity index (χ0) is 10.7. The number of aliphatic hydroxyl groups is 1. The van der Waals surface area contributed by atoms with Crippen molar-refractivity contribution in [3.8, 4) is 0 Å². The normalized spacial score (nSPS) is 14.8. The lowest BCUT2D eigenvalue weighted by Gasteiger charge is -2.21. The molecule has 0 aliphatic rings. The van der Waals surface area contributed by atoms with E-state index < -0.39 is 5.60 Å². The van der Waals surface area contributed by atoms with E-state index in [1.807, 2.05) is 54.8 Å². The van der Waals surface area contributed by atoms with Crippen molar-refractivity contribution in [1.82, 2.24) is 0 Å². The van der Waals surface area contributed by atoms with Crippen LogP contribution in [0.3, 0.4) is 0 Å². The second-order valence-corrected chi connectivity index (χ2v) is 4.86. The molecule has 1 aromatic carbocycles. The molecule has 0 unspecified atom stereocenters. The summed E-state index contributed by atoms with van der Waals surface area (Å²) in [4.78, 5) is 1.02. The molecule has 0 amide bonds. The maximum absolute atomic E-state index is 10.3. The van der Waals surface area contributed by atoms with Gasteiger partial charge in [0.05, 0.1) is 5.60 Å². The Morgan fingerprint density at radius 1 is 1.13 bits per heavy atom. The third-order valence-corrected chi connectivity index (χ3v) is 3.57. The molecule has 78 valence electrons. The van der Waals surface area contributed by atoms with Gasteiger partial charge in [0.25, 0.3) is 0 Å². The predicted molar refractivity (Wildman–Crippen MR) is 64.0 cm³/mol. The highest BCUT2D eigenvalue weighted by atomic mass is 32.1. The number of benzene rings is 1. The maximum Gasteiger partial charge on any atom is 0.0999 e. The monoisotopic (exact) mass is 218 g/mol. The summed E-state index contributed by atoms with van der Waals surface area (Å²) >= 11 is 1.60. The largest absolute Gasteiger partial charge is 0.384 e. The molecular weight excluding hydrogens is 204 g/mol. The van der Waals surface area contributed by atoms with Crippen molar-refractivity contribution in [1.29, 1.82) is 0 Å². The van der Waals surface area contributed by atoms with Gasteiger partial charge in [0.15, 0.2) is 0 Å². The Balaban J connectivity index is 2.18. The minimum atomic E-state index is -0.754. The average Bonchev–Trinajstić information content (AvgIpc) is 2.71. The molecule has 0 fully saturated rings. The van der Waals surface area contributed by atoms with Crippen LogP contribution in [0.2, 0.25) is 0 Å². The topological polar surface area (TPSA) is 20.2 Å². The summed E-state index contributed by atoms with van der Waals surface area (Å²) in [6.45, 7) is 1.87. The summed E-state index contributed by atoms with van der Waals surface area (Å²) in [6, 6.07) is 14.0. The SMILES string of the molecule is C[C@](O)(Cc1ccccc1)c1cccs1. The van der Waals surface area contributed by atoms with E-state index in [1.54, 1.807) is 11.3 Å². The lowest BCUT2D eigenvalue weighted by Crippen LogP contribution is -2.22. The van der Waals surface area contributed by atoms with Crippen LogP contribution in [-0.2, 0) is 12.0 Å². The second kappa shape index (κ2) is 4.17. The molecule has 15 heavy (non-hydrogen) atoms. The Morgan fingerprint density at radius 3 is 2.47 bits per heavy atom. The number of hydrogen-bond donors (Lipinski definition) is 1. The number of thiophene rings is 1. The summed E-state index contributed by atoms with van der Waals surface area (Å²) in [5.41, 5.74) is 0.408. The quantitative estimate of drug-likeness (QED) is 0.838. The van der Waals surface area contributed by atoms with Crippen LogP contribution in [0, 0.1) is 0 Å². The van der Waals surface area contributed by atoms with Crippen LogP contribution in [-0.4, -0.2) is 5.11 Å². The average molecular weight is 218 g/mol. The third kappa shape index (κ3) is 2.46. The Labute approximate surface area is 94.0 Å². The van der Waals surface area contributed by atoms with Crippen LogP contribution >= 0.6 is 11.3 Å². The minimum Gasteiger partial charge on any atom is -0.384 e. The molecule has 1 heterocycles. The zero-order valence-electron chi connectivity index (χ0n) is 8.68. The first kappa shape index (κ1) is 10.4. The molecule has 2 aromatic rings. The van der Waals surface area contributed by atoms with Crippen LogP contribution in [0.5, 0.6) is 0 Å². The predicted octanol–water partition coefficient (Wildman–Crippen LogP) is 3.20. The molecule has 0 radical (unpaired) electrons. The third-order valence-electron chi connectivity index (χ3n) is 2.44. The van der Waals surface area contributed by atoms with E-state index in [-0.39, 0.29) is 0 Å². The Kier molecular flexibility index (Phi) is 2.89. The van der Waals surface area contributed by atoms with Crippen molar-refractivity contribution in [3.63, 3.8) is 0 Å². The van der Waals surface area contributed by atoms with Gasteiger partial charge in [-0.25, -0.2) is 0 Å². The lowest BCUT2D eigenvalue weighted by molar-refractivity contribution is 0.0615. The Morgan fingerprint density at radius 2 is 1.87 bits per heavy atom. The van der Waals surface area contributed by atoms with E-state index in [2.05, 4.69) is 0 Å². The van der Waals surface area contributed by atoms with Crippen molar-refractivity contribution in [2.45, 2.75) is 18.9 Å². The molecule has 0 aliphatic heterocycles. The molecular formula is C13H14OS. The van der Waals surface area contributed by atoms with Gasteiger partial charge in [-0.1, -0.05) is 36.4 Å². The van der Waals surface area contributed by atoms with Gasteiger partial charge in [-0.3, -0.25) is 0 Å². The van der Waals surface area contributed by atoms with Gasteiger partial charge in [-0.2, -0.15) is 0 Å². The molecule has 0 saturated carbocycles. The molecule has 1 aromatic heterocycles. The molecule has 0 spiro atoms. The summed E-state index contributed by atoms with van der Waals surface area (Å²) in [6.07, 6.45) is 0.661. The Bertz CT molecular complexity index is 403. The lowest BCUT2D eigenvalue weighted by atomic mass is 9.95. The van der Waals surface area contributed by atoms with Crippen LogP contribution in [0.1, 0.15) is 17.4 Å². The molecule has 1 nitrogen and oxygen atoms in total. The van der Waals surface area contributed by atoms with Crippen molar-refractivity contribution in [2.24, 2.45) is 0 Å². The summed E-state index contributed by atoms with van der Waals surface area (Å²) in [5, 5.41) is 12.3. The highest BCUT2D eigenvalue weighted by Crippen LogP contribution is 2.28. The van der Waals surface area contributed by atoms with Gasteiger partial charge < -0.3 is 5.11 Å². The highest BCUT2D eigenvalue weighted by molar-refractivity contribution is 7.10. The van der Waals surface area contributed by atoms with E-state index in [0.717, 1.165) is 10.4 Å². The first-order chi connectivity index (χ1) is 7.18. The fourth-order valence-electron chi connectivity index (χ4n) is 1.67. The molecule has 1 atom stereocenters. The minimum absolute atomic E-state index is 0.661. The van der Waals surface area contributed by atoms with Crippen LogP contribution in [0.25, 0.3) is 0 Å². The highest BCUT2D eigenvalue weighted by Gasteiger charge is 2.24. The van der Waals surface area contributed by atoms with Gasteiger partial charge >= 0.3 is 0 Å². The van der Waals surface area contributed by atoms with E-state index in [4.69, 9.17) is 0 Å². The molecule has 1 N–H and O–H groups in total. The van der Waals surface area contributed by atoms with Crippen molar-refractivity contribution in [3.05, 3.63) is 58.3 Å². The molecule has 0 saturated heterocycles. The number of rotatable bonds is 3. The summed E-state index contributed by atoms with van der Waals surface area (Å²) in [7, 11) is 0. The first-order valence-corrected chi connectivity index (χ1v) is 5.87. The van der Waals surface area contributed by atoms with Crippen molar-refractivity contribution in [2.75, 3.05) is 0 Å². The summed E-state index contributed by atoms with van der Waals surface area (Å²) in [5.74, 6) is 0. The molecule has 2 heteroatoms. The van der Waals surface area contributed by atoms with Gasteiger partial charge in [0, 0.05) is 11.3 Å². The fourth-order valence-corrected chi connectivity index (χ4v) is 2.45. The zero-order valence-corrected chi connectivity index (χ0v) is 9.50. The molecule has 2 rings (SSSR count). The van der Waals surface area contributed by atoms with Crippen molar-refractivity contribution >= 4 is 11.3 Å². The second-order valence-electron chi connectivity index (χ2n) is 3.91. The summed E-state index contributed by atoms with van der Waals surface area (Å²) < 4.78 is 0. The number of hydrogen-bond acceptors (Lipinski definition) is 2. The van der Waals surface area contributed by atoms with Gasteiger partial charge in [0.2, 0.25) is 0 Å². The van der Waals surface area contributed by atoms with Crippen molar-refractivity contribution < 1.29 is 5.11 Å². The van der Waals surface area contributed by atoms with Gasteiger partial charge in [-0.05, 0) is 23.9 Å².